The average Bonchev–Trinajstić information content (AvgIpc) is 2.92. The van der Waals surface area contributed by atoms with E-state index in [1.807, 2.05) is 4.90 Å². The van der Waals surface area contributed by atoms with Crippen LogP contribution < -0.4 is 15.4 Å². The largest absolute Gasteiger partial charge is 0.491 e. The molecule has 2 amide bonds. The Morgan fingerprint density at radius 3 is 2.50 bits per heavy atom. The number of anilines is 1. The molecule has 0 radical (unpaired) electrons. The van der Waals surface area contributed by atoms with Crippen molar-refractivity contribution in [2.24, 2.45) is 5.73 Å². The SMILES string of the molecule is CC[C@H]1CN(c2ncc(C(N)=O)nc2Cl)CCN1C1CCN(C(=O)c2ccc(Cl)c(OCCS(C)(=O)=O)c2)CC1. The number of nitrogens with two attached hydrogens (primary N) is 1. The van der Waals surface area contributed by atoms with Crippen molar-refractivity contribution in [1.82, 2.24) is 19.8 Å². The van der Waals surface area contributed by atoms with E-state index in [0.717, 1.165) is 38.6 Å². The number of sulfone groups is 1. The van der Waals surface area contributed by atoms with Gasteiger partial charge in [0.1, 0.15) is 18.1 Å². The third kappa shape index (κ3) is 7.34. The van der Waals surface area contributed by atoms with Gasteiger partial charge in [-0.05, 0) is 37.5 Å². The van der Waals surface area contributed by atoms with Crippen LogP contribution in [-0.4, -0.2) is 103 Å². The monoisotopic (exact) mass is 612 g/mol. The maximum Gasteiger partial charge on any atom is 0.268 e. The molecule has 2 aliphatic rings. The first-order valence-electron chi connectivity index (χ1n) is 13.2. The van der Waals surface area contributed by atoms with Crippen molar-refractivity contribution in [2.75, 3.05) is 56.2 Å². The Bertz CT molecular complexity index is 1350. The van der Waals surface area contributed by atoms with Gasteiger partial charge in [0.05, 0.1) is 17.0 Å². The molecular weight excluding hydrogens is 579 g/mol. The van der Waals surface area contributed by atoms with Gasteiger partial charge in [-0.2, -0.15) is 0 Å². The molecule has 0 aliphatic carbocycles. The van der Waals surface area contributed by atoms with Gasteiger partial charge in [0, 0.05) is 56.6 Å². The van der Waals surface area contributed by atoms with E-state index >= 15 is 0 Å². The molecule has 1 atom stereocenters. The standard InChI is InChI=1S/C26H34Cl2N6O5S/c1-3-18-16-33(25-23(28)31-21(15-30-25)24(29)35)10-11-34(18)19-6-8-32(9-7-19)26(36)17-4-5-20(27)22(14-17)39-12-13-40(2,37)38/h4-5,14-15,18-19H,3,6-13,16H2,1-2H3,(H2,29,35)/t18-/m0/s1. The highest BCUT2D eigenvalue weighted by molar-refractivity contribution is 7.90. The van der Waals surface area contributed by atoms with Gasteiger partial charge in [0.15, 0.2) is 20.8 Å². The first-order chi connectivity index (χ1) is 19.0. The molecule has 2 aromatic rings. The number of benzene rings is 1. The predicted octanol–water partition coefficient (Wildman–Crippen LogP) is 2.51. The van der Waals surface area contributed by atoms with Crippen LogP contribution >= 0.6 is 23.2 Å². The van der Waals surface area contributed by atoms with Crippen molar-refractivity contribution < 1.29 is 22.7 Å². The summed E-state index contributed by atoms with van der Waals surface area (Å²) in [7, 11) is -3.17. The molecule has 0 unspecified atom stereocenters. The molecule has 1 aromatic carbocycles. The van der Waals surface area contributed by atoms with Gasteiger partial charge in [-0.3, -0.25) is 14.5 Å². The summed E-state index contributed by atoms with van der Waals surface area (Å²) in [6.45, 7) is 5.62. The van der Waals surface area contributed by atoms with Crippen LogP contribution in [-0.2, 0) is 9.84 Å². The molecule has 11 nitrogen and oxygen atoms in total. The molecule has 4 rings (SSSR count). The Kier molecular flexibility index (Phi) is 9.76. The number of primary amides is 1. The summed E-state index contributed by atoms with van der Waals surface area (Å²) in [6, 6.07) is 5.46. The minimum atomic E-state index is -3.17. The zero-order valence-electron chi connectivity index (χ0n) is 22.6. The van der Waals surface area contributed by atoms with E-state index in [2.05, 4.69) is 26.7 Å². The number of aromatic nitrogens is 2. The van der Waals surface area contributed by atoms with Gasteiger partial charge in [0.2, 0.25) is 0 Å². The number of carbonyl (C=O) groups excluding carboxylic acids is 2. The minimum absolute atomic E-state index is 0.0368. The number of rotatable bonds is 9. The second-order valence-electron chi connectivity index (χ2n) is 10.1. The van der Waals surface area contributed by atoms with Crippen LogP contribution in [0.1, 0.15) is 47.0 Å². The Morgan fingerprint density at radius 2 is 1.88 bits per heavy atom. The van der Waals surface area contributed by atoms with Crippen LogP contribution in [0.15, 0.2) is 24.4 Å². The number of likely N-dealkylation sites (tertiary alicyclic amines) is 1. The molecular formula is C26H34Cl2N6O5S. The van der Waals surface area contributed by atoms with Crippen LogP contribution in [0.5, 0.6) is 5.75 Å². The first kappa shape index (κ1) is 30.3. The molecule has 2 N–H and O–H groups in total. The summed E-state index contributed by atoms with van der Waals surface area (Å²) >= 11 is 12.5. The molecule has 0 saturated carbocycles. The minimum Gasteiger partial charge on any atom is -0.491 e. The number of halogens is 2. The summed E-state index contributed by atoms with van der Waals surface area (Å²) in [5.41, 5.74) is 5.78. The highest BCUT2D eigenvalue weighted by atomic mass is 35.5. The highest BCUT2D eigenvalue weighted by Crippen LogP contribution is 2.30. The molecule has 1 aromatic heterocycles. The fraction of sp³-hybridized carbons (Fsp3) is 0.538. The number of hydrogen-bond donors (Lipinski definition) is 1. The molecule has 2 aliphatic heterocycles. The van der Waals surface area contributed by atoms with Crippen LogP contribution in [0, 0.1) is 0 Å². The normalized spacial score (nSPS) is 19.1. The number of piperazine rings is 1. The van der Waals surface area contributed by atoms with Crippen molar-refractivity contribution in [3.05, 3.63) is 45.8 Å². The molecule has 0 spiro atoms. The Balaban J connectivity index is 1.34. The fourth-order valence-electron chi connectivity index (χ4n) is 5.23. The zero-order chi connectivity index (χ0) is 29.0. The third-order valence-corrected chi connectivity index (χ3v) is 8.85. The number of ether oxygens (including phenoxy) is 1. The summed E-state index contributed by atoms with van der Waals surface area (Å²) in [5, 5.41) is 0.488. The lowest BCUT2D eigenvalue weighted by molar-refractivity contribution is 0.0490. The molecule has 218 valence electrons. The smallest absolute Gasteiger partial charge is 0.268 e. The molecule has 3 heterocycles. The molecule has 40 heavy (non-hydrogen) atoms. The lowest BCUT2D eigenvalue weighted by Crippen LogP contribution is -2.58. The van der Waals surface area contributed by atoms with E-state index in [1.54, 1.807) is 18.2 Å². The van der Waals surface area contributed by atoms with Gasteiger partial charge in [0.25, 0.3) is 11.8 Å². The van der Waals surface area contributed by atoms with Gasteiger partial charge < -0.3 is 20.3 Å². The van der Waals surface area contributed by atoms with Crippen LogP contribution in [0.2, 0.25) is 10.2 Å². The van der Waals surface area contributed by atoms with Crippen LogP contribution in [0.25, 0.3) is 0 Å². The Morgan fingerprint density at radius 1 is 1.15 bits per heavy atom. The van der Waals surface area contributed by atoms with Crippen molar-refractivity contribution in [3.63, 3.8) is 0 Å². The average molecular weight is 614 g/mol. The molecule has 2 saturated heterocycles. The maximum absolute atomic E-state index is 13.3. The van der Waals surface area contributed by atoms with E-state index in [1.165, 1.54) is 6.20 Å². The van der Waals surface area contributed by atoms with Crippen LogP contribution in [0.4, 0.5) is 5.82 Å². The second kappa shape index (κ2) is 12.9. The Labute approximate surface area is 244 Å². The van der Waals surface area contributed by atoms with Crippen molar-refractivity contribution in [2.45, 2.75) is 38.3 Å². The number of amides is 2. The lowest BCUT2D eigenvalue weighted by atomic mass is 9.97. The second-order valence-corrected chi connectivity index (χ2v) is 13.2. The van der Waals surface area contributed by atoms with E-state index in [9.17, 15) is 18.0 Å². The quantitative estimate of drug-likeness (QED) is 0.452. The van der Waals surface area contributed by atoms with Crippen molar-refractivity contribution in [1.29, 1.82) is 0 Å². The van der Waals surface area contributed by atoms with E-state index in [0.29, 0.717) is 47.8 Å². The third-order valence-electron chi connectivity index (χ3n) is 7.37. The van der Waals surface area contributed by atoms with Crippen molar-refractivity contribution in [3.8, 4) is 5.75 Å². The van der Waals surface area contributed by atoms with Gasteiger partial charge >= 0.3 is 0 Å². The van der Waals surface area contributed by atoms with E-state index in [-0.39, 0.29) is 35.2 Å². The first-order valence-corrected chi connectivity index (χ1v) is 16.0. The van der Waals surface area contributed by atoms with Gasteiger partial charge in [-0.25, -0.2) is 18.4 Å². The summed E-state index contributed by atoms with van der Waals surface area (Å²) in [5.74, 6) is -0.0649. The topological polar surface area (TPSA) is 139 Å². The number of nitrogens with zero attached hydrogens (tertiary/aromatic N) is 5. The number of piperidine rings is 1. The van der Waals surface area contributed by atoms with E-state index < -0.39 is 15.7 Å². The van der Waals surface area contributed by atoms with Gasteiger partial charge in [-0.15, -0.1) is 0 Å². The Hall–Kier alpha value is -2.67. The fourth-order valence-corrected chi connectivity index (χ4v) is 6.05. The summed E-state index contributed by atoms with van der Waals surface area (Å²) < 4.78 is 28.3. The van der Waals surface area contributed by atoms with Crippen LogP contribution in [0.3, 0.4) is 0 Å². The molecule has 2 fully saturated rings. The van der Waals surface area contributed by atoms with Crippen molar-refractivity contribution >= 4 is 50.7 Å². The number of carbonyl (C=O) groups is 2. The molecule has 0 bridgehead atoms. The van der Waals surface area contributed by atoms with Gasteiger partial charge in [-0.1, -0.05) is 30.1 Å². The summed E-state index contributed by atoms with van der Waals surface area (Å²) in [4.78, 5) is 39.5. The molecule has 14 heteroatoms. The zero-order valence-corrected chi connectivity index (χ0v) is 24.9. The number of hydrogen-bond acceptors (Lipinski definition) is 9. The maximum atomic E-state index is 13.3. The highest BCUT2D eigenvalue weighted by Gasteiger charge is 2.35. The lowest BCUT2D eigenvalue weighted by Gasteiger charge is -2.47. The predicted molar refractivity (Wildman–Crippen MR) is 154 cm³/mol. The van der Waals surface area contributed by atoms with E-state index in [4.69, 9.17) is 33.7 Å². The summed E-state index contributed by atoms with van der Waals surface area (Å²) in [6.07, 6.45) is 5.13.